The Hall–Kier alpha value is -2.77. The van der Waals surface area contributed by atoms with Crippen molar-refractivity contribution in [3.63, 3.8) is 0 Å². The highest BCUT2D eigenvalue weighted by Crippen LogP contribution is 2.40. The monoisotopic (exact) mass is 419 g/mol. The summed E-state index contributed by atoms with van der Waals surface area (Å²) in [7, 11) is 0. The van der Waals surface area contributed by atoms with Gasteiger partial charge in [0.2, 0.25) is 0 Å². The maximum Gasteiger partial charge on any atom is 0.141 e. The highest BCUT2D eigenvalue weighted by atomic mass is 32.1. The van der Waals surface area contributed by atoms with Crippen LogP contribution in [0.15, 0.2) is 48.0 Å². The van der Waals surface area contributed by atoms with Crippen molar-refractivity contribution in [2.24, 2.45) is 0 Å². The van der Waals surface area contributed by atoms with E-state index >= 15 is 0 Å². The Bertz CT molecular complexity index is 1150. The second-order valence-electron chi connectivity index (χ2n) is 7.75. The number of aryl methyl sites for hydroxylation is 1. The molecule has 154 valence electrons. The predicted octanol–water partition coefficient (Wildman–Crippen LogP) is 4.24. The molecule has 0 bridgehead atoms. The third kappa shape index (κ3) is 3.48. The fraction of sp³-hybridized carbons (Fsp3) is 0.348. The topological polar surface area (TPSA) is 67.1 Å². The SMILES string of the molecule is Cc1nc(N2CCC(c3ccnn3CCO)CC2)c2c(-c3ccccc3)csc2n1. The van der Waals surface area contributed by atoms with Gasteiger partial charge in [-0.05, 0) is 31.4 Å². The number of benzene rings is 1. The van der Waals surface area contributed by atoms with Gasteiger partial charge in [0.05, 0.1) is 18.5 Å². The fourth-order valence-corrected chi connectivity index (χ4v) is 5.43. The molecule has 0 saturated carbocycles. The Kier molecular flexibility index (Phi) is 5.23. The highest BCUT2D eigenvalue weighted by molar-refractivity contribution is 7.17. The number of anilines is 1. The highest BCUT2D eigenvalue weighted by Gasteiger charge is 2.26. The molecule has 1 aromatic carbocycles. The zero-order chi connectivity index (χ0) is 20.5. The van der Waals surface area contributed by atoms with E-state index < -0.39 is 0 Å². The van der Waals surface area contributed by atoms with E-state index in [1.54, 1.807) is 11.3 Å². The number of aromatic nitrogens is 4. The summed E-state index contributed by atoms with van der Waals surface area (Å²) in [6, 6.07) is 12.6. The molecule has 7 heteroatoms. The molecule has 4 heterocycles. The van der Waals surface area contributed by atoms with E-state index in [2.05, 4.69) is 45.7 Å². The molecular formula is C23H25N5OS. The Morgan fingerprint density at radius 2 is 1.90 bits per heavy atom. The van der Waals surface area contributed by atoms with Crippen LogP contribution in [0.1, 0.15) is 30.3 Å². The lowest BCUT2D eigenvalue weighted by atomic mass is 9.93. The molecular weight excluding hydrogens is 394 g/mol. The Morgan fingerprint density at radius 1 is 1.10 bits per heavy atom. The van der Waals surface area contributed by atoms with Crippen molar-refractivity contribution in [3.05, 3.63) is 59.5 Å². The van der Waals surface area contributed by atoms with Crippen molar-refractivity contribution in [3.8, 4) is 11.1 Å². The Morgan fingerprint density at radius 3 is 2.67 bits per heavy atom. The molecule has 0 amide bonds. The van der Waals surface area contributed by atoms with Crippen LogP contribution in [-0.2, 0) is 6.54 Å². The maximum atomic E-state index is 9.30. The average Bonchev–Trinajstić information content (AvgIpc) is 3.41. The van der Waals surface area contributed by atoms with Gasteiger partial charge < -0.3 is 10.0 Å². The molecule has 1 fully saturated rings. The molecule has 0 radical (unpaired) electrons. The molecule has 30 heavy (non-hydrogen) atoms. The lowest BCUT2D eigenvalue weighted by Gasteiger charge is -2.33. The first-order valence-corrected chi connectivity index (χ1v) is 11.3. The second-order valence-corrected chi connectivity index (χ2v) is 8.61. The van der Waals surface area contributed by atoms with E-state index in [0.717, 1.165) is 42.4 Å². The Labute approximate surface area is 179 Å². The van der Waals surface area contributed by atoms with Crippen molar-refractivity contribution in [1.29, 1.82) is 0 Å². The van der Waals surface area contributed by atoms with Crippen molar-refractivity contribution in [2.45, 2.75) is 32.2 Å². The van der Waals surface area contributed by atoms with Crippen LogP contribution in [0.2, 0.25) is 0 Å². The first kappa shape index (κ1) is 19.2. The van der Waals surface area contributed by atoms with Gasteiger partial charge in [-0.25, -0.2) is 9.97 Å². The lowest BCUT2D eigenvalue weighted by molar-refractivity contribution is 0.265. The van der Waals surface area contributed by atoms with Gasteiger partial charge in [-0.15, -0.1) is 11.3 Å². The molecule has 0 spiro atoms. The van der Waals surface area contributed by atoms with Crippen LogP contribution in [0.4, 0.5) is 5.82 Å². The molecule has 1 aliphatic rings. The van der Waals surface area contributed by atoms with E-state index in [0.29, 0.717) is 12.5 Å². The first-order chi connectivity index (χ1) is 14.7. The average molecular weight is 420 g/mol. The molecule has 0 aliphatic carbocycles. The number of aliphatic hydroxyl groups is 1. The summed E-state index contributed by atoms with van der Waals surface area (Å²) in [4.78, 5) is 13.1. The minimum absolute atomic E-state index is 0.117. The van der Waals surface area contributed by atoms with E-state index in [4.69, 9.17) is 9.97 Å². The Balaban J connectivity index is 1.46. The number of hydrogen-bond acceptors (Lipinski definition) is 6. The molecule has 4 aromatic rings. The van der Waals surface area contributed by atoms with E-state index in [-0.39, 0.29) is 6.61 Å². The quantitative estimate of drug-likeness (QED) is 0.524. The maximum absolute atomic E-state index is 9.30. The van der Waals surface area contributed by atoms with Gasteiger partial charge in [0.25, 0.3) is 0 Å². The second kappa shape index (κ2) is 8.16. The summed E-state index contributed by atoms with van der Waals surface area (Å²) in [5.74, 6) is 2.34. The zero-order valence-corrected chi connectivity index (χ0v) is 17.8. The van der Waals surface area contributed by atoms with Gasteiger partial charge in [-0.3, -0.25) is 4.68 Å². The minimum Gasteiger partial charge on any atom is -0.394 e. The van der Waals surface area contributed by atoms with Gasteiger partial charge >= 0.3 is 0 Å². The summed E-state index contributed by atoms with van der Waals surface area (Å²) < 4.78 is 1.94. The standard InChI is InChI=1S/C23H25N5OS/c1-16-25-22(21-19(15-30-23(21)26-16)17-5-3-2-4-6-17)27-11-8-18(9-12-27)20-7-10-24-28(20)13-14-29/h2-7,10,15,18,29H,8-9,11-14H2,1H3. The van der Waals surface area contributed by atoms with Crippen LogP contribution in [0, 0.1) is 6.92 Å². The molecule has 0 atom stereocenters. The fourth-order valence-electron chi connectivity index (χ4n) is 4.44. The number of fused-ring (bicyclic) bond motifs is 1. The van der Waals surface area contributed by atoms with Crippen molar-refractivity contribution >= 4 is 27.4 Å². The molecule has 3 aromatic heterocycles. The van der Waals surface area contributed by atoms with Gasteiger partial charge in [0, 0.05) is 41.8 Å². The van der Waals surface area contributed by atoms with E-state index in [1.165, 1.54) is 22.2 Å². The van der Waals surface area contributed by atoms with Crippen LogP contribution in [0.3, 0.4) is 0 Å². The van der Waals surface area contributed by atoms with E-state index in [1.807, 2.05) is 23.9 Å². The summed E-state index contributed by atoms with van der Waals surface area (Å²) in [6.45, 7) is 4.55. The minimum atomic E-state index is 0.117. The molecule has 1 aliphatic heterocycles. The van der Waals surface area contributed by atoms with Crippen LogP contribution in [0.25, 0.3) is 21.3 Å². The van der Waals surface area contributed by atoms with Gasteiger partial charge in [-0.1, -0.05) is 30.3 Å². The van der Waals surface area contributed by atoms with Crippen LogP contribution in [0.5, 0.6) is 0 Å². The molecule has 1 N–H and O–H groups in total. The van der Waals surface area contributed by atoms with Gasteiger partial charge in [-0.2, -0.15) is 5.10 Å². The number of nitrogens with zero attached hydrogens (tertiary/aromatic N) is 5. The number of piperidine rings is 1. The van der Waals surface area contributed by atoms with Crippen LogP contribution in [-0.4, -0.2) is 44.6 Å². The van der Waals surface area contributed by atoms with Crippen molar-refractivity contribution in [1.82, 2.24) is 19.7 Å². The summed E-state index contributed by atoms with van der Waals surface area (Å²) in [6.07, 6.45) is 3.94. The van der Waals surface area contributed by atoms with Gasteiger partial charge in [0.15, 0.2) is 0 Å². The summed E-state index contributed by atoms with van der Waals surface area (Å²) >= 11 is 1.69. The van der Waals surface area contributed by atoms with Crippen molar-refractivity contribution in [2.75, 3.05) is 24.6 Å². The zero-order valence-electron chi connectivity index (χ0n) is 17.0. The molecule has 5 rings (SSSR count). The number of hydrogen-bond donors (Lipinski definition) is 1. The van der Waals surface area contributed by atoms with Gasteiger partial charge in [0.1, 0.15) is 16.5 Å². The van der Waals surface area contributed by atoms with Crippen LogP contribution < -0.4 is 4.90 Å². The largest absolute Gasteiger partial charge is 0.394 e. The molecule has 1 saturated heterocycles. The summed E-state index contributed by atoms with van der Waals surface area (Å²) in [5, 5.41) is 17.0. The molecule has 0 unspecified atom stereocenters. The number of thiophene rings is 1. The smallest absolute Gasteiger partial charge is 0.141 e. The van der Waals surface area contributed by atoms with Crippen LogP contribution >= 0.6 is 11.3 Å². The summed E-state index contributed by atoms with van der Waals surface area (Å²) in [5.41, 5.74) is 3.65. The normalized spacial score (nSPS) is 15.2. The number of aliphatic hydroxyl groups excluding tert-OH is 1. The lowest BCUT2D eigenvalue weighted by Crippen LogP contribution is -2.34. The molecule has 6 nitrogen and oxygen atoms in total. The third-order valence-corrected chi connectivity index (χ3v) is 6.76. The van der Waals surface area contributed by atoms with Crippen molar-refractivity contribution < 1.29 is 5.11 Å². The van der Waals surface area contributed by atoms with E-state index in [9.17, 15) is 5.11 Å². The number of rotatable bonds is 5. The first-order valence-electron chi connectivity index (χ1n) is 10.4. The predicted molar refractivity (Wildman–Crippen MR) is 121 cm³/mol. The third-order valence-electron chi connectivity index (χ3n) is 5.89.